The van der Waals surface area contributed by atoms with Gasteiger partial charge in [-0.2, -0.15) is 13.2 Å². The lowest BCUT2D eigenvalue weighted by atomic mass is 10.0. The quantitative estimate of drug-likeness (QED) is 0.698. The number of fused-ring (bicyclic) bond motifs is 1. The summed E-state index contributed by atoms with van der Waals surface area (Å²) in [6, 6.07) is 0.212. The molecule has 0 amide bonds. The molecule has 0 spiro atoms. The monoisotopic (exact) mass is 451 g/mol. The van der Waals surface area contributed by atoms with Crippen LogP contribution in [0.25, 0.3) is 0 Å². The predicted molar refractivity (Wildman–Crippen MR) is 99.1 cm³/mol. The minimum atomic E-state index is -5.08. The van der Waals surface area contributed by atoms with E-state index in [2.05, 4.69) is 14.9 Å². The van der Waals surface area contributed by atoms with E-state index in [4.69, 9.17) is 24.1 Å². The summed E-state index contributed by atoms with van der Waals surface area (Å²) in [5, 5.41) is 7.12. The Kier molecular flexibility index (Phi) is 8.00. The number of aliphatic carboxylic acids is 1. The lowest BCUT2D eigenvalue weighted by molar-refractivity contribution is -0.192. The molecule has 0 saturated carbocycles. The molecule has 3 saturated heterocycles. The molecule has 3 aliphatic rings. The number of rotatable bonds is 4. The van der Waals surface area contributed by atoms with Crippen LogP contribution in [-0.2, 0) is 19.0 Å². The molecule has 0 radical (unpaired) electrons. The van der Waals surface area contributed by atoms with Crippen LogP contribution in [0, 0.1) is 11.7 Å². The van der Waals surface area contributed by atoms with E-state index in [1.165, 1.54) is 12.4 Å². The zero-order valence-electron chi connectivity index (χ0n) is 16.8. The first-order valence-corrected chi connectivity index (χ1v) is 10.1. The van der Waals surface area contributed by atoms with Crippen LogP contribution in [0.3, 0.4) is 0 Å². The number of hydrogen-bond donors (Lipinski definition) is 1. The zero-order valence-corrected chi connectivity index (χ0v) is 16.8. The molecule has 0 aromatic carbocycles. The summed E-state index contributed by atoms with van der Waals surface area (Å²) in [7, 11) is 0. The molecule has 3 aliphatic heterocycles. The van der Waals surface area contributed by atoms with Crippen molar-refractivity contribution in [3.63, 3.8) is 0 Å². The summed E-state index contributed by atoms with van der Waals surface area (Å²) >= 11 is 0. The van der Waals surface area contributed by atoms with Crippen LogP contribution < -0.4 is 4.90 Å². The van der Waals surface area contributed by atoms with E-state index in [1.54, 1.807) is 0 Å². The molecule has 174 valence electrons. The van der Waals surface area contributed by atoms with Crippen molar-refractivity contribution in [1.29, 1.82) is 0 Å². The summed E-state index contributed by atoms with van der Waals surface area (Å²) in [5.74, 6) is -2.04. The molecular formula is C19H25F4N3O5. The van der Waals surface area contributed by atoms with Crippen LogP contribution in [-0.4, -0.2) is 78.4 Å². The summed E-state index contributed by atoms with van der Waals surface area (Å²) in [4.78, 5) is 19.3. The fourth-order valence-electron chi connectivity index (χ4n) is 3.91. The van der Waals surface area contributed by atoms with Gasteiger partial charge >= 0.3 is 12.1 Å². The number of aromatic nitrogens is 2. The van der Waals surface area contributed by atoms with Gasteiger partial charge in [-0.1, -0.05) is 0 Å². The van der Waals surface area contributed by atoms with Crippen LogP contribution in [0.15, 0.2) is 12.4 Å². The molecule has 1 aromatic rings. The summed E-state index contributed by atoms with van der Waals surface area (Å²) in [6.07, 6.45) is 1.60. The average Bonchev–Trinajstić information content (AvgIpc) is 3.12. The van der Waals surface area contributed by atoms with Gasteiger partial charge in [-0.25, -0.2) is 19.2 Å². The molecule has 4 heterocycles. The Labute approximate surface area is 176 Å². The Balaban J connectivity index is 0.000000339. The largest absolute Gasteiger partial charge is 0.490 e. The standard InChI is InChI=1S/C17H24FN3O3.C2HF3O2/c18-13-8-19-17(20-9-13)21-10-15(16-14(21)2-1-5-23-16)24-11-12-3-6-22-7-4-12;3-2(4,5)1(6)7/h8-9,12,14-16H,1-7,10-11H2;(H,6,7)/t14-,15-,16+;/m1./s1. The Hall–Kier alpha value is -2.05. The van der Waals surface area contributed by atoms with E-state index in [0.29, 0.717) is 18.4 Å². The zero-order chi connectivity index (χ0) is 22.4. The van der Waals surface area contributed by atoms with Gasteiger partial charge in [-0.15, -0.1) is 0 Å². The van der Waals surface area contributed by atoms with Gasteiger partial charge in [0.25, 0.3) is 0 Å². The highest BCUT2D eigenvalue weighted by atomic mass is 19.4. The number of carboxylic acids is 1. The second-order valence-electron chi connectivity index (χ2n) is 7.63. The molecule has 31 heavy (non-hydrogen) atoms. The number of hydrogen-bond acceptors (Lipinski definition) is 7. The van der Waals surface area contributed by atoms with Crippen LogP contribution in [0.1, 0.15) is 25.7 Å². The van der Waals surface area contributed by atoms with E-state index in [-0.39, 0.29) is 18.2 Å². The Morgan fingerprint density at radius 2 is 1.84 bits per heavy atom. The molecule has 1 aromatic heterocycles. The maximum atomic E-state index is 13.1. The first kappa shape index (κ1) is 23.6. The minimum absolute atomic E-state index is 0.0202. The number of alkyl halides is 3. The fourth-order valence-corrected chi connectivity index (χ4v) is 3.91. The normalized spacial score (nSPS) is 26.7. The lowest BCUT2D eigenvalue weighted by Crippen LogP contribution is -2.42. The molecule has 3 fully saturated rings. The van der Waals surface area contributed by atoms with Crippen molar-refractivity contribution in [2.75, 3.05) is 37.9 Å². The molecular weight excluding hydrogens is 426 g/mol. The smallest absolute Gasteiger partial charge is 0.475 e. The third-order valence-electron chi connectivity index (χ3n) is 5.47. The highest BCUT2D eigenvalue weighted by Crippen LogP contribution is 2.33. The second-order valence-corrected chi connectivity index (χ2v) is 7.63. The van der Waals surface area contributed by atoms with Gasteiger partial charge in [-0.3, -0.25) is 0 Å². The van der Waals surface area contributed by atoms with Gasteiger partial charge < -0.3 is 24.2 Å². The highest BCUT2D eigenvalue weighted by Gasteiger charge is 2.46. The minimum Gasteiger partial charge on any atom is -0.475 e. The van der Waals surface area contributed by atoms with Gasteiger partial charge in [0.1, 0.15) is 12.2 Å². The van der Waals surface area contributed by atoms with Crippen LogP contribution in [0.2, 0.25) is 0 Å². The van der Waals surface area contributed by atoms with E-state index in [9.17, 15) is 17.6 Å². The molecule has 12 heteroatoms. The van der Waals surface area contributed by atoms with E-state index >= 15 is 0 Å². The van der Waals surface area contributed by atoms with E-state index < -0.39 is 18.0 Å². The fraction of sp³-hybridized carbons (Fsp3) is 0.737. The summed E-state index contributed by atoms with van der Waals surface area (Å²) < 4.78 is 62.5. The summed E-state index contributed by atoms with van der Waals surface area (Å²) in [6.45, 7) is 3.88. The Morgan fingerprint density at radius 3 is 2.45 bits per heavy atom. The Bertz CT molecular complexity index is 715. The number of nitrogens with zero attached hydrogens (tertiary/aromatic N) is 3. The van der Waals surface area contributed by atoms with E-state index in [1.807, 2.05) is 0 Å². The molecule has 0 bridgehead atoms. The van der Waals surface area contributed by atoms with Crippen LogP contribution in [0.4, 0.5) is 23.5 Å². The van der Waals surface area contributed by atoms with E-state index in [0.717, 1.165) is 52.1 Å². The van der Waals surface area contributed by atoms with Crippen molar-refractivity contribution >= 4 is 11.9 Å². The van der Waals surface area contributed by atoms with Crippen molar-refractivity contribution in [3.8, 4) is 0 Å². The first-order valence-electron chi connectivity index (χ1n) is 10.1. The van der Waals surface area contributed by atoms with Crippen molar-refractivity contribution in [1.82, 2.24) is 9.97 Å². The van der Waals surface area contributed by atoms with Gasteiger partial charge in [-0.05, 0) is 31.6 Å². The SMILES string of the molecule is Fc1cnc(N2C[C@@H](OCC3CCOCC3)[C@H]3OCCC[C@H]32)nc1.O=C(O)C(F)(F)F. The lowest BCUT2D eigenvalue weighted by Gasteiger charge is -2.32. The molecule has 0 unspecified atom stereocenters. The van der Waals surface area contributed by atoms with Crippen LogP contribution in [0.5, 0.6) is 0 Å². The molecule has 0 aliphatic carbocycles. The maximum absolute atomic E-state index is 13.1. The third-order valence-corrected chi connectivity index (χ3v) is 5.47. The first-order chi connectivity index (χ1) is 14.8. The van der Waals surface area contributed by atoms with Crippen molar-refractivity contribution < 1.29 is 41.7 Å². The van der Waals surface area contributed by atoms with Crippen molar-refractivity contribution in [2.45, 2.75) is 50.1 Å². The average molecular weight is 451 g/mol. The van der Waals surface area contributed by atoms with Gasteiger partial charge in [0.2, 0.25) is 5.95 Å². The maximum Gasteiger partial charge on any atom is 0.490 e. The number of anilines is 1. The second kappa shape index (κ2) is 10.5. The summed E-state index contributed by atoms with van der Waals surface area (Å²) in [5.41, 5.74) is 0. The van der Waals surface area contributed by atoms with Crippen molar-refractivity contribution in [3.05, 3.63) is 18.2 Å². The van der Waals surface area contributed by atoms with Gasteiger partial charge in [0.15, 0.2) is 5.82 Å². The topological polar surface area (TPSA) is 94.0 Å². The van der Waals surface area contributed by atoms with Gasteiger partial charge in [0, 0.05) is 19.8 Å². The van der Waals surface area contributed by atoms with Crippen molar-refractivity contribution in [2.24, 2.45) is 5.92 Å². The number of halogens is 4. The number of carbonyl (C=O) groups is 1. The molecule has 1 N–H and O–H groups in total. The predicted octanol–water partition coefficient (Wildman–Crippen LogP) is 2.43. The van der Waals surface area contributed by atoms with Gasteiger partial charge in [0.05, 0.1) is 31.6 Å². The van der Waals surface area contributed by atoms with Crippen LogP contribution >= 0.6 is 0 Å². The molecule has 4 rings (SSSR count). The molecule has 8 nitrogen and oxygen atoms in total. The molecule has 3 atom stereocenters. The number of ether oxygens (including phenoxy) is 3. The Morgan fingerprint density at radius 1 is 1.19 bits per heavy atom. The third kappa shape index (κ3) is 6.47. The number of carboxylic acid groups (broad SMARTS) is 1. The highest BCUT2D eigenvalue weighted by molar-refractivity contribution is 5.73.